The highest BCUT2D eigenvalue weighted by molar-refractivity contribution is 5.79. The predicted molar refractivity (Wildman–Crippen MR) is 181 cm³/mol. The molecular formula is C38H52N2. The van der Waals surface area contributed by atoms with E-state index in [1.807, 2.05) is 0 Å². The van der Waals surface area contributed by atoms with Crippen LogP contribution in [0.5, 0.6) is 0 Å². The molecule has 0 radical (unpaired) electrons. The molecule has 2 heteroatoms. The van der Waals surface area contributed by atoms with Crippen LogP contribution >= 0.6 is 0 Å². The summed E-state index contributed by atoms with van der Waals surface area (Å²) >= 11 is 0. The Labute approximate surface area is 245 Å². The molecule has 3 rings (SSSR count). The quantitative estimate of drug-likeness (QED) is 0.149. The maximum absolute atomic E-state index is 2.54. The summed E-state index contributed by atoms with van der Waals surface area (Å²) in [5, 5.41) is 0. The van der Waals surface area contributed by atoms with Crippen LogP contribution in [0.1, 0.15) is 101 Å². The van der Waals surface area contributed by atoms with Crippen LogP contribution in [0.3, 0.4) is 0 Å². The molecular weight excluding hydrogens is 484 g/mol. The minimum absolute atomic E-state index is 1.14. The molecule has 3 aromatic rings. The number of unbranched alkanes of at least 4 members (excludes halogenated alkanes) is 4. The number of hydrogen-bond acceptors (Lipinski definition) is 2. The van der Waals surface area contributed by atoms with Gasteiger partial charge in [-0.1, -0.05) is 126 Å². The molecule has 214 valence electrons. The number of rotatable bonds is 18. The third-order valence-corrected chi connectivity index (χ3v) is 7.55. The van der Waals surface area contributed by atoms with Crippen LogP contribution < -0.4 is 9.80 Å². The van der Waals surface area contributed by atoms with Gasteiger partial charge in [0, 0.05) is 37.6 Å². The van der Waals surface area contributed by atoms with Crippen LogP contribution in [0.2, 0.25) is 0 Å². The van der Waals surface area contributed by atoms with Crippen molar-refractivity contribution in [1.29, 1.82) is 0 Å². The maximum Gasteiger partial charge on any atom is 0.0366 e. The van der Waals surface area contributed by atoms with Crippen LogP contribution in [-0.4, -0.2) is 26.2 Å². The molecule has 3 aromatic carbocycles. The van der Waals surface area contributed by atoms with E-state index in [0.29, 0.717) is 0 Å². The molecule has 40 heavy (non-hydrogen) atoms. The molecule has 0 fully saturated rings. The van der Waals surface area contributed by atoms with Gasteiger partial charge in [-0.25, -0.2) is 0 Å². The van der Waals surface area contributed by atoms with Crippen molar-refractivity contribution >= 4 is 35.7 Å². The first kappa shape index (κ1) is 31.3. The summed E-state index contributed by atoms with van der Waals surface area (Å²) in [6.45, 7) is 13.7. The second kappa shape index (κ2) is 18.2. The third-order valence-electron chi connectivity index (χ3n) is 7.55. The second-order valence-electron chi connectivity index (χ2n) is 10.9. The molecule has 0 bridgehead atoms. The second-order valence-corrected chi connectivity index (χ2v) is 10.9. The van der Waals surface area contributed by atoms with Gasteiger partial charge >= 0.3 is 0 Å². The van der Waals surface area contributed by atoms with Gasteiger partial charge in [-0.2, -0.15) is 0 Å². The molecule has 0 saturated heterocycles. The lowest BCUT2D eigenvalue weighted by molar-refractivity contribution is 0.678. The third kappa shape index (κ3) is 10.4. The van der Waals surface area contributed by atoms with Gasteiger partial charge in [-0.05, 0) is 72.2 Å². The topological polar surface area (TPSA) is 6.48 Å². The maximum atomic E-state index is 2.54. The van der Waals surface area contributed by atoms with Crippen molar-refractivity contribution in [3.63, 3.8) is 0 Å². The van der Waals surface area contributed by atoms with Crippen LogP contribution in [0, 0.1) is 0 Å². The summed E-state index contributed by atoms with van der Waals surface area (Å²) < 4.78 is 0. The number of anilines is 2. The van der Waals surface area contributed by atoms with Crippen molar-refractivity contribution in [3.05, 3.63) is 95.1 Å². The van der Waals surface area contributed by atoms with E-state index < -0.39 is 0 Å². The Kier molecular flexibility index (Phi) is 14.2. The number of benzene rings is 3. The van der Waals surface area contributed by atoms with Gasteiger partial charge < -0.3 is 9.80 Å². The zero-order valence-electron chi connectivity index (χ0n) is 25.6. The Morgan fingerprint density at radius 3 is 1.05 bits per heavy atom. The lowest BCUT2D eigenvalue weighted by Crippen LogP contribution is -2.25. The standard InChI is InChI=1S/C38H52N2/c1-5-9-29-39(30-10-6-2)37-25-19-33(20-26-37)17-23-35-15-13-14-16-36(35)24-18-34-21-27-38(28-22-34)40(31-11-7-3)32-12-8-4/h13-28H,5-12,29-32H2,1-4H3. The fourth-order valence-electron chi connectivity index (χ4n) is 4.91. The summed E-state index contributed by atoms with van der Waals surface area (Å²) in [5.74, 6) is 0. The van der Waals surface area contributed by atoms with Crippen molar-refractivity contribution in [2.24, 2.45) is 0 Å². The van der Waals surface area contributed by atoms with Crippen LogP contribution in [0.15, 0.2) is 72.8 Å². The lowest BCUT2D eigenvalue weighted by Gasteiger charge is -2.24. The van der Waals surface area contributed by atoms with Crippen molar-refractivity contribution in [1.82, 2.24) is 0 Å². The molecule has 0 N–H and O–H groups in total. The van der Waals surface area contributed by atoms with E-state index in [1.54, 1.807) is 0 Å². The summed E-state index contributed by atoms with van der Waals surface area (Å²) in [6.07, 6.45) is 18.9. The number of nitrogens with zero attached hydrogens (tertiary/aromatic N) is 2. The first-order valence-corrected chi connectivity index (χ1v) is 15.8. The van der Waals surface area contributed by atoms with Crippen molar-refractivity contribution < 1.29 is 0 Å². The van der Waals surface area contributed by atoms with Gasteiger partial charge in [0.05, 0.1) is 0 Å². The fourth-order valence-corrected chi connectivity index (χ4v) is 4.91. The zero-order chi connectivity index (χ0) is 28.4. The molecule has 0 heterocycles. The zero-order valence-corrected chi connectivity index (χ0v) is 25.6. The number of hydrogen-bond donors (Lipinski definition) is 0. The van der Waals surface area contributed by atoms with Gasteiger partial charge in [0.15, 0.2) is 0 Å². The minimum Gasteiger partial charge on any atom is -0.372 e. The molecule has 0 aromatic heterocycles. The van der Waals surface area contributed by atoms with Crippen LogP contribution in [0.25, 0.3) is 24.3 Å². The normalized spacial score (nSPS) is 11.5. The molecule has 0 amide bonds. The van der Waals surface area contributed by atoms with Gasteiger partial charge in [0.1, 0.15) is 0 Å². The van der Waals surface area contributed by atoms with E-state index in [1.165, 1.54) is 85.0 Å². The minimum atomic E-state index is 1.14. The first-order valence-electron chi connectivity index (χ1n) is 15.8. The SMILES string of the molecule is CCCCN(CCCC)c1ccc(C=Cc2ccccc2C=Cc2ccc(N(CCCC)CCCC)cc2)cc1. The van der Waals surface area contributed by atoms with E-state index in [0.717, 1.165) is 26.2 Å². The highest BCUT2D eigenvalue weighted by atomic mass is 15.1. The first-order chi connectivity index (χ1) is 19.7. The smallest absolute Gasteiger partial charge is 0.0366 e. The highest BCUT2D eigenvalue weighted by Gasteiger charge is 2.06. The van der Waals surface area contributed by atoms with Crippen LogP contribution in [-0.2, 0) is 0 Å². The molecule has 0 atom stereocenters. The summed E-state index contributed by atoms with van der Waals surface area (Å²) in [4.78, 5) is 5.09. The van der Waals surface area contributed by atoms with E-state index in [2.05, 4.69) is 135 Å². The van der Waals surface area contributed by atoms with Crippen molar-refractivity contribution in [2.45, 2.75) is 79.1 Å². The average molecular weight is 537 g/mol. The van der Waals surface area contributed by atoms with Crippen LogP contribution in [0.4, 0.5) is 11.4 Å². The molecule has 0 aliphatic rings. The Bertz CT molecular complexity index is 1030. The van der Waals surface area contributed by atoms with Gasteiger partial charge in [-0.3, -0.25) is 0 Å². The van der Waals surface area contributed by atoms with Gasteiger partial charge in [0.25, 0.3) is 0 Å². The van der Waals surface area contributed by atoms with E-state index in [9.17, 15) is 0 Å². The Morgan fingerprint density at radius 2 is 0.750 bits per heavy atom. The Morgan fingerprint density at radius 1 is 0.425 bits per heavy atom. The molecule has 0 aliphatic carbocycles. The average Bonchev–Trinajstić information content (AvgIpc) is 3.00. The predicted octanol–water partition coefficient (Wildman–Crippen LogP) is 10.8. The Hall–Kier alpha value is -3.26. The molecule has 0 unspecified atom stereocenters. The lowest BCUT2D eigenvalue weighted by atomic mass is 10.0. The van der Waals surface area contributed by atoms with Crippen molar-refractivity contribution in [3.8, 4) is 0 Å². The molecule has 0 aliphatic heterocycles. The molecule has 2 nitrogen and oxygen atoms in total. The fraction of sp³-hybridized carbons (Fsp3) is 0.421. The van der Waals surface area contributed by atoms with Crippen molar-refractivity contribution in [2.75, 3.05) is 36.0 Å². The Balaban J connectivity index is 1.68. The van der Waals surface area contributed by atoms with Gasteiger partial charge in [0.2, 0.25) is 0 Å². The summed E-state index contributed by atoms with van der Waals surface area (Å²) in [5.41, 5.74) is 7.62. The molecule has 0 spiro atoms. The van der Waals surface area contributed by atoms with E-state index in [-0.39, 0.29) is 0 Å². The summed E-state index contributed by atoms with van der Waals surface area (Å²) in [6, 6.07) is 26.8. The molecule has 0 saturated carbocycles. The monoisotopic (exact) mass is 536 g/mol. The van der Waals surface area contributed by atoms with E-state index >= 15 is 0 Å². The highest BCUT2D eigenvalue weighted by Crippen LogP contribution is 2.22. The van der Waals surface area contributed by atoms with E-state index in [4.69, 9.17) is 0 Å². The largest absolute Gasteiger partial charge is 0.372 e. The van der Waals surface area contributed by atoms with Gasteiger partial charge in [-0.15, -0.1) is 0 Å². The summed E-state index contributed by atoms with van der Waals surface area (Å²) in [7, 11) is 0.